The third-order valence-electron chi connectivity index (χ3n) is 4.37. The Balaban J connectivity index is 2.39. The molecule has 2 unspecified atom stereocenters. The average Bonchev–Trinajstić information content (AvgIpc) is 2.41. The highest BCUT2D eigenvalue weighted by Gasteiger charge is 2.32. The Labute approximate surface area is 123 Å². The fraction of sp³-hybridized carbons (Fsp3) is 0.933. The van der Waals surface area contributed by atoms with E-state index in [1.165, 1.54) is 0 Å². The van der Waals surface area contributed by atoms with Crippen LogP contribution in [0.4, 0.5) is 0 Å². The lowest BCUT2D eigenvalue weighted by atomic mass is 9.95. The Morgan fingerprint density at radius 1 is 1.45 bits per heavy atom. The standard InChI is InChI=1S/C15H31N3O2/c1-6-20-14(19)15(3,16-4)8-7-9-18-11-10-17(5)12-13(18)2/h13,16H,6-12H2,1-5H3. The van der Waals surface area contributed by atoms with E-state index < -0.39 is 5.54 Å². The molecule has 1 aliphatic rings. The summed E-state index contributed by atoms with van der Waals surface area (Å²) in [6, 6.07) is 0.595. The van der Waals surface area contributed by atoms with Gasteiger partial charge in [-0.1, -0.05) is 0 Å². The number of carbonyl (C=O) groups is 1. The monoisotopic (exact) mass is 285 g/mol. The number of carbonyl (C=O) groups excluding carboxylic acids is 1. The normalized spacial score (nSPS) is 24.4. The molecular weight excluding hydrogens is 254 g/mol. The molecule has 0 aromatic rings. The molecular formula is C15H31N3O2. The van der Waals surface area contributed by atoms with Gasteiger partial charge in [-0.25, -0.2) is 0 Å². The summed E-state index contributed by atoms with van der Waals surface area (Å²) in [5.41, 5.74) is -0.564. The first-order chi connectivity index (χ1) is 9.42. The van der Waals surface area contributed by atoms with Crippen LogP contribution in [0.3, 0.4) is 0 Å². The molecule has 0 amide bonds. The summed E-state index contributed by atoms with van der Waals surface area (Å²) < 4.78 is 5.15. The molecule has 1 rings (SSSR count). The second-order valence-electron chi connectivity index (χ2n) is 6.05. The topological polar surface area (TPSA) is 44.8 Å². The zero-order chi connectivity index (χ0) is 15.2. The lowest BCUT2D eigenvalue weighted by Crippen LogP contribution is -2.52. The molecule has 1 fully saturated rings. The molecule has 0 aromatic heterocycles. The molecule has 1 N–H and O–H groups in total. The molecule has 0 bridgehead atoms. The van der Waals surface area contributed by atoms with Crippen LogP contribution in [0.2, 0.25) is 0 Å². The van der Waals surface area contributed by atoms with Gasteiger partial charge < -0.3 is 15.0 Å². The number of ether oxygens (including phenoxy) is 1. The number of rotatable bonds is 7. The minimum absolute atomic E-state index is 0.145. The zero-order valence-electron chi connectivity index (χ0n) is 13.7. The predicted molar refractivity (Wildman–Crippen MR) is 81.9 cm³/mol. The van der Waals surface area contributed by atoms with Crippen molar-refractivity contribution < 1.29 is 9.53 Å². The first-order valence-electron chi connectivity index (χ1n) is 7.71. The predicted octanol–water partition coefficient (Wildman–Crippen LogP) is 0.944. The van der Waals surface area contributed by atoms with E-state index in [0.717, 1.165) is 39.0 Å². The van der Waals surface area contributed by atoms with Crippen molar-refractivity contribution in [1.82, 2.24) is 15.1 Å². The van der Waals surface area contributed by atoms with Gasteiger partial charge in [0.2, 0.25) is 0 Å². The molecule has 2 atom stereocenters. The van der Waals surface area contributed by atoms with Crippen LogP contribution in [0.1, 0.15) is 33.6 Å². The van der Waals surface area contributed by atoms with E-state index in [2.05, 4.69) is 29.1 Å². The maximum atomic E-state index is 12.0. The molecule has 1 aliphatic heterocycles. The van der Waals surface area contributed by atoms with Gasteiger partial charge in [0, 0.05) is 25.7 Å². The van der Waals surface area contributed by atoms with E-state index in [4.69, 9.17) is 4.74 Å². The Kier molecular flexibility index (Phi) is 6.92. The van der Waals surface area contributed by atoms with Gasteiger partial charge in [-0.15, -0.1) is 0 Å². The summed E-state index contributed by atoms with van der Waals surface area (Å²) in [6.07, 6.45) is 1.81. The highest BCUT2D eigenvalue weighted by Crippen LogP contribution is 2.16. The second kappa shape index (κ2) is 7.96. The van der Waals surface area contributed by atoms with Crippen LogP contribution in [0.25, 0.3) is 0 Å². The van der Waals surface area contributed by atoms with Crippen LogP contribution in [0.15, 0.2) is 0 Å². The summed E-state index contributed by atoms with van der Waals surface area (Å²) in [5.74, 6) is -0.145. The van der Waals surface area contributed by atoms with Crippen molar-refractivity contribution in [2.24, 2.45) is 0 Å². The van der Waals surface area contributed by atoms with Crippen molar-refractivity contribution in [3.05, 3.63) is 0 Å². The molecule has 0 spiro atoms. The summed E-state index contributed by atoms with van der Waals surface area (Å²) in [5, 5.41) is 3.12. The molecule has 0 aliphatic carbocycles. The summed E-state index contributed by atoms with van der Waals surface area (Å²) >= 11 is 0. The number of likely N-dealkylation sites (N-methyl/N-ethyl adjacent to an activating group) is 2. The molecule has 0 saturated carbocycles. The Bertz CT molecular complexity index is 311. The number of nitrogens with one attached hydrogen (secondary N) is 1. The van der Waals surface area contributed by atoms with E-state index in [-0.39, 0.29) is 5.97 Å². The molecule has 5 nitrogen and oxygen atoms in total. The average molecular weight is 285 g/mol. The fourth-order valence-corrected chi connectivity index (χ4v) is 2.76. The van der Waals surface area contributed by atoms with Crippen molar-refractivity contribution >= 4 is 5.97 Å². The zero-order valence-corrected chi connectivity index (χ0v) is 13.7. The summed E-state index contributed by atoms with van der Waals surface area (Å²) in [7, 11) is 4.00. The van der Waals surface area contributed by atoms with Crippen molar-refractivity contribution in [3.8, 4) is 0 Å². The van der Waals surface area contributed by atoms with Gasteiger partial charge in [0.25, 0.3) is 0 Å². The minimum atomic E-state index is -0.564. The van der Waals surface area contributed by atoms with E-state index >= 15 is 0 Å². The third-order valence-corrected chi connectivity index (χ3v) is 4.37. The van der Waals surface area contributed by atoms with E-state index in [0.29, 0.717) is 12.6 Å². The third kappa shape index (κ3) is 4.72. The maximum absolute atomic E-state index is 12.0. The van der Waals surface area contributed by atoms with Crippen LogP contribution >= 0.6 is 0 Å². The van der Waals surface area contributed by atoms with Gasteiger partial charge in [-0.2, -0.15) is 0 Å². The maximum Gasteiger partial charge on any atom is 0.326 e. The first kappa shape index (κ1) is 17.4. The van der Waals surface area contributed by atoms with E-state index in [1.54, 1.807) is 0 Å². The van der Waals surface area contributed by atoms with Crippen molar-refractivity contribution in [3.63, 3.8) is 0 Å². The Morgan fingerprint density at radius 3 is 2.70 bits per heavy atom. The molecule has 0 aromatic carbocycles. The molecule has 20 heavy (non-hydrogen) atoms. The van der Waals surface area contributed by atoms with Crippen molar-refractivity contribution in [1.29, 1.82) is 0 Å². The Hall–Kier alpha value is -0.650. The fourth-order valence-electron chi connectivity index (χ4n) is 2.76. The van der Waals surface area contributed by atoms with E-state index in [9.17, 15) is 4.79 Å². The van der Waals surface area contributed by atoms with Crippen LogP contribution in [0, 0.1) is 0 Å². The molecule has 1 saturated heterocycles. The minimum Gasteiger partial charge on any atom is -0.465 e. The van der Waals surface area contributed by atoms with E-state index in [1.807, 2.05) is 20.9 Å². The number of esters is 1. The number of piperazine rings is 1. The molecule has 0 radical (unpaired) electrons. The Morgan fingerprint density at radius 2 is 2.15 bits per heavy atom. The molecule has 5 heteroatoms. The smallest absolute Gasteiger partial charge is 0.326 e. The lowest BCUT2D eigenvalue weighted by Gasteiger charge is -2.38. The van der Waals surface area contributed by atoms with Crippen molar-refractivity contribution in [2.45, 2.75) is 45.2 Å². The van der Waals surface area contributed by atoms with Crippen LogP contribution in [-0.2, 0) is 9.53 Å². The van der Waals surface area contributed by atoms with Gasteiger partial charge in [-0.3, -0.25) is 9.69 Å². The summed E-state index contributed by atoms with van der Waals surface area (Å²) in [4.78, 5) is 16.9. The van der Waals surface area contributed by atoms with Crippen LogP contribution in [-0.4, -0.2) is 74.2 Å². The lowest BCUT2D eigenvalue weighted by molar-refractivity contribution is -0.150. The van der Waals surface area contributed by atoms with Crippen LogP contribution in [0.5, 0.6) is 0 Å². The van der Waals surface area contributed by atoms with Gasteiger partial charge in [0.1, 0.15) is 5.54 Å². The van der Waals surface area contributed by atoms with Crippen LogP contribution < -0.4 is 5.32 Å². The number of nitrogens with zero attached hydrogens (tertiary/aromatic N) is 2. The highest BCUT2D eigenvalue weighted by atomic mass is 16.5. The number of hydrogen-bond acceptors (Lipinski definition) is 5. The quantitative estimate of drug-likeness (QED) is 0.706. The second-order valence-corrected chi connectivity index (χ2v) is 6.05. The SMILES string of the molecule is CCOC(=O)C(C)(CCCN1CCN(C)CC1C)NC. The molecule has 1 heterocycles. The van der Waals surface area contributed by atoms with Gasteiger partial charge in [0.15, 0.2) is 0 Å². The largest absolute Gasteiger partial charge is 0.465 e. The molecule has 118 valence electrons. The van der Waals surface area contributed by atoms with Gasteiger partial charge in [-0.05, 0) is 54.3 Å². The van der Waals surface area contributed by atoms with Crippen molar-refractivity contribution in [2.75, 3.05) is 46.9 Å². The van der Waals surface area contributed by atoms with Gasteiger partial charge >= 0.3 is 5.97 Å². The summed E-state index contributed by atoms with van der Waals surface area (Å²) in [6.45, 7) is 10.9. The first-order valence-corrected chi connectivity index (χ1v) is 7.71. The number of hydrogen-bond donors (Lipinski definition) is 1. The van der Waals surface area contributed by atoms with Gasteiger partial charge in [0.05, 0.1) is 6.61 Å². The highest BCUT2D eigenvalue weighted by molar-refractivity contribution is 5.80.